The molecule has 18 heavy (non-hydrogen) atoms. The summed E-state index contributed by atoms with van der Waals surface area (Å²) in [4.78, 5) is 9.38. The molecule has 2 aromatic rings. The van der Waals surface area contributed by atoms with E-state index in [1.807, 2.05) is 13.0 Å². The van der Waals surface area contributed by atoms with Crippen LogP contribution in [0.4, 0.5) is 0 Å². The molecular weight excluding hydrogens is 246 g/mol. The number of nitrogens with zero attached hydrogens (tertiary/aromatic N) is 3. The Morgan fingerprint density at radius 1 is 1.28 bits per heavy atom. The van der Waals surface area contributed by atoms with Gasteiger partial charge in [-0.15, -0.1) is 11.6 Å². The highest BCUT2D eigenvalue weighted by Gasteiger charge is 2.22. The van der Waals surface area contributed by atoms with Crippen LogP contribution in [0.15, 0.2) is 12.1 Å². The van der Waals surface area contributed by atoms with Gasteiger partial charge < -0.3 is 4.57 Å². The lowest BCUT2D eigenvalue weighted by Gasteiger charge is -2.15. The van der Waals surface area contributed by atoms with Gasteiger partial charge in [-0.1, -0.05) is 12.8 Å². The smallest absolute Gasteiger partial charge is 0.160 e. The summed E-state index contributed by atoms with van der Waals surface area (Å²) in [5.41, 5.74) is 3.11. The Hall–Kier alpha value is -1.09. The number of pyridine rings is 1. The van der Waals surface area contributed by atoms with E-state index in [2.05, 4.69) is 15.6 Å². The zero-order chi connectivity index (χ0) is 12.5. The van der Waals surface area contributed by atoms with Crippen LogP contribution in [0.3, 0.4) is 0 Å². The maximum absolute atomic E-state index is 5.90. The molecule has 2 heterocycles. The lowest BCUT2D eigenvalue weighted by atomic mass is 10.2. The second kappa shape index (κ2) is 4.88. The van der Waals surface area contributed by atoms with Crippen LogP contribution < -0.4 is 0 Å². The minimum Gasteiger partial charge on any atom is -0.310 e. The Labute approximate surface area is 112 Å². The molecule has 2 aromatic heterocycles. The van der Waals surface area contributed by atoms with Crippen LogP contribution in [0.5, 0.6) is 0 Å². The lowest BCUT2D eigenvalue weighted by molar-refractivity contribution is 0.510. The van der Waals surface area contributed by atoms with E-state index in [1.165, 1.54) is 25.7 Å². The monoisotopic (exact) mass is 263 g/mol. The quantitative estimate of drug-likeness (QED) is 0.792. The van der Waals surface area contributed by atoms with Gasteiger partial charge in [0.2, 0.25) is 0 Å². The van der Waals surface area contributed by atoms with Gasteiger partial charge >= 0.3 is 0 Å². The molecule has 0 aliphatic heterocycles. The number of aromatic nitrogens is 3. The highest BCUT2D eigenvalue weighted by atomic mass is 35.5. The summed E-state index contributed by atoms with van der Waals surface area (Å²) < 4.78 is 2.34. The Bertz CT molecular complexity index is 555. The number of rotatable bonds is 3. The zero-order valence-electron chi connectivity index (χ0n) is 10.7. The fourth-order valence-electron chi connectivity index (χ4n) is 2.92. The average molecular weight is 264 g/mol. The SMILES string of the molecule is Cc1ccc2nc(CCCl)n(C3CCCC3)c2n1. The third-order valence-corrected chi connectivity index (χ3v) is 3.95. The minimum atomic E-state index is 0.572. The van der Waals surface area contributed by atoms with Crippen LogP contribution in [0, 0.1) is 6.92 Å². The van der Waals surface area contributed by atoms with Crippen molar-refractivity contribution in [3.63, 3.8) is 0 Å². The molecule has 4 heteroatoms. The molecule has 96 valence electrons. The van der Waals surface area contributed by atoms with Gasteiger partial charge in [-0.25, -0.2) is 9.97 Å². The van der Waals surface area contributed by atoms with E-state index in [0.29, 0.717) is 11.9 Å². The van der Waals surface area contributed by atoms with Crippen molar-refractivity contribution in [2.24, 2.45) is 0 Å². The van der Waals surface area contributed by atoms with E-state index in [-0.39, 0.29) is 0 Å². The second-order valence-corrected chi connectivity index (χ2v) is 5.45. The van der Waals surface area contributed by atoms with Crippen molar-refractivity contribution in [3.05, 3.63) is 23.7 Å². The van der Waals surface area contributed by atoms with Crippen LogP contribution in [-0.2, 0) is 6.42 Å². The molecule has 1 aliphatic rings. The molecule has 1 saturated carbocycles. The molecular formula is C14H18ClN3. The van der Waals surface area contributed by atoms with Crippen molar-refractivity contribution in [2.45, 2.75) is 45.1 Å². The number of halogens is 1. The Balaban J connectivity index is 2.16. The first-order valence-corrected chi connectivity index (χ1v) is 7.23. The maximum atomic E-state index is 5.90. The molecule has 0 spiro atoms. The molecule has 0 amide bonds. The Morgan fingerprint density at radius 3 is 2.78 bits per heavy atom. The summed E-state index contributed by atoms with van der Waals surface area (Å²) >= 11 is 5.90. The first-order chi connectivity index (χ1) is 8.79. The van der Waals surface area contributed by atoms with E-state index in [9.17, 15) is 0 Å². The van der Waals surface area contributed by atoms with Crippen LogP contribution >= 0.6 is 11.6 Å². The summed E-state index contributed by atoms with van der Waals surface area (Å²) in [5, 5.41) is 0. The van der Waals surface area contributed by atoms with Crippen molar-refractivity contribution >= 4 is 22.8 Å². The fourth-order valence-corrected chi connectivity index (χ4v) is 3.09. The Morgan fingerprint density at radius 2 is 2.06 bits per heavy atom. The number of fused-ring (bicyclic) bond motifs is 1. The molecule has 3 rings (SSSR count). The number of alkyl halides is 1. The van der Waals surface area contributed by atoms with Gasteiger partial charge in [-0.2, -0.15) is 0 Å². The normalized spacial score (nSPS) is 16.8. The molecule has 0 saturated heterocycles. The Kier molecular flexibility index (Phi) is 3.25. The van der Waals surface area contributed by atoms with Crippen LogP contribution in [-0.4, -0.2) is 20.4 Å². The van der Waals surface area contributed by atoms with Crippen molar-refractivity contribution in [1.29, 1.82) is 0 Å². The number of aryl methyl sites for hydroxylation is 2. The summed E-state index contributed by atoms with van der Waals surface area (Å²) in [6.45, 7) is 2.03. The molecule has 0 atom stereocenters. The second-order valence-electron chi connectivity index (χ2n) is 5.07. The zero-order valence-corrected chi connectivity index (χ0v) is 11.5. The van der Waals surface area contributed by atoms with Crippen molar-refractivity contribution in [1.82, 2.24) is 14.5 Å². The molecule has 0 unspecified atom stereocenters. The molecule has 1 fully saturated rings. The van der Waals surface area contributed by atoms with Crippen LogP contribution in [0.25, 0.3) is 11.2 Å². The van der Waals surface area contributed by atoms with E-state index in [4.69, 9.17) is 16.6 Å². The van der Waals surface area contributed by atoms with Gasteiger partial charge in [-0.05, 0) is 31.9 Å². The molecule has 0 radical (unpaired) electrons. The van der Waals surface area contributed by atoms with Crippen LogP contribution in [0.1, 0.15) is 43.2 Å². The van der Waals surface area contributed by atoms with Gasteiger partial charge in [-0.3, -0.25) is 0 Å². The van der Waals surface area contributed by atoms with E-state index in [1.54, 1.807) is 0 Å². The lowest BCUT2D eigenvalue weighted by Crippen LogP contribution is -2.10. The van der Waals surface area contributed by atoms with Gasteiger partial charge in [0.15, 0.2) is 5.65 Å². The first kappa shape index (κ1) is 12.0. The molecule has 0 aromatic carbocycles. The van der Waals surface area contributed by atoms with Gasteiger partial charge in [0.1, 0.15) is 11.3 Å². The average Bonchev–Trinajstić information content (AvgIpc) is 2.95. The topological polar surface area (TPSA) is 30.7 Å². The highest BCUT2D eigenvalue weighted by molar-refractivity contribution is 6.17. The van der Waals surface area contributed by atoms with Gasteiger partial charge in [0.05, 0.1) is 0 Å². The predicted octanol–water partition coefficient (Wildman–Crippen LogP) is 3.64. The van der Waals surface area contributed by atoms with Gasteiger partial charge in [0.25, 0.3) is 0 Å². The summed E-state index contributed by atoms with van der Waals surface area (Å²) in [5.74, 6) is 1.72. The number of imidazole rings is 1. The minimum absolute atomic E-state index is 0.572. The third kappa shape index (κ3) is 2.01. The predicted molar refractivity (Wildman–Crippen MR) is 74.2 cm³/mol. The molecule has 0 bridgehead atoms. The van der Waals surface area contributed by atoms with Crippen molar-refractivity contribution in [2.75, 3.05) is 5.88 Å². The summed E-state index contributed by atoms with van der Waals surface area (Å²) in [6.07, 6.45) is 5.95. The number of hydrogen-bond donors (Lipinski definition) is 0. The standard InChI is InChI=1S/C14H18ClN3/c1-10-6-7-12-14(16-10)18(11-4-2-3-5-11)13(17-12)8-9-15/h6-7,11H,2-5,8-9H2,1H3. The van der Waals surface area contributed by atoms with Gasteiger partial charge in [0, 0.05) is 24.0 Å². The first-order valence-electron chi connectivity index (χ1n) is 6.70. The van der Waals surface area contributed by atoms with Crippen molar-refractivity contribution in [3.8, 4) is 0 Å². The summed E-state index contributed by atoms with van der Waals surface area (Å²) in [7, 11) is 0. The molecule has 0 N–H and O–H groups in total. The third-order valence-electron chi connectivity index (χ3n) is 3.76. The van der Waals surface area contributed by atoms with Crippen molar-refractivity contribution < 1.29 is 0 Å². The highest BCUT2D eigenvalue weighted by Crippen LogP contribution is 2.33. The van der Waals surface area contributed by atoms with E-state index in [0.717, 1.165) is 29.1 Å². The molecule has 1 aliphatic carbocycles. The van der Waals surface area contributed by atoms with Crippen LogP contribution in [0.2, 0.25) is 0 Å². The van der Waals surface area contributed by atoms with E-state index >= 15 is 0 Å². The maximum Gasteiger partial charge on any atom is 0.160 e. The summed E-state index contributed by atoms with van der Waals surface area (Å²) in [6, 6.07) is 4.67. The number of hydrogen-bond acceptors (Lipinski definition) is 2. The van der Waals surface area contributed by atoms with E-state index < -0.39 is 0 Å². The molecule has 3 nitrogen and oxygen atoms in total. The fraction of sp³-hybridized carbons (Fsp3) is 0.571. The largest absolute Gasteiger partial charge is 0.310 e.